The molecule has 2 aromatic rings. The van der Waals surface area contributed by atoms with Crippen molar-refractivity contribution in [3.63, 3.8) is 0 Å². The molecule has 0 aliphatic carbocycles. The molecule has 4 nitrogen and oxygen atoms in total. The molecule has 0 radical (unpaired) electrons. The molecule has 0 spiro atoms. The van der Waals surface area contributed by atoms with Gasteiger partial charge in [-0.05, 0) is 47.2 Å². The van der Waals surface area contributed by atoms with E-state index in [9.17, 15) is 4.79 Å². The second-order valence-corrected chi connectivity index (χ2v) is 6.26. The predicted octanol–water partition coefficient (Wildman–Crippen LogP) is 5.62. The number of carbonyl (C=O) groups excluding carboxylic acids is 1. The van der Waals surface area contributed by atoms with Gasteiger partial charge in [0.15, 0.2) is 0 Å². The van der Waals surface area contributed by atoms with Crippen LogP contribution in [0.4, 0.5) is 11.4 Å². The smallest absolute Gasteiger partial charge is 0.255 e. The van der Waals surface area contributed by atoms with Crippen molar-refractivity contribution in [3.8, 4) is 0 Å². The summed E-state index contributed by atoms with van der Waals surface area (Å²) in [6.45, 7) is 8.49. The van der Waals surface area contributed by atoms with Crippen molar-refractivity contribution in [2.45, 2.75) is 47.0 Å². The maximum Gasteiger partial charge on any atom is 0.255 e. The topological polar surface area (TPSA) is 61.4 Å². The van der Waals surface area contributed by atoms with E-state index in [0.29, 0.717) is 23.1 Å². The molecule has 0 heterocycles. The molecule has 0 aliphatic rings. The number of rotatable bonds is 5. The fourth-order valence-electron chi connectivity index (χ4n) is 2.58. The summed E-state index contributed by atoms with van der Waals surface area (Å²) in [4.78, 5) is 12.6. The summed E-state index contributed by atoms with van der Waals surface area (Å²) in [5.41, 5.74) is 6.34. The van der Waals surface area contributed by atoms with Crippen molar-refractivity contribution in [1.29, 1.82) is 0 Å². The number of anilines is 2. The average Bonchev–Trinajstić information content (AvgIpc) is 2.54. The van der Waals surface area contributed by atoms with E-state index < -0.39 is 0 Å². The van der Waals surface area contributed by atoms with Crippen molar-refractivity contribution in [2.75, 3.05) is 10.8 Å². The highest BCUT2D eigenvalue weighted by Gasteiger charge is 2.16. The molecule has 2 aromatic carbocycles. The summed E-state index contributed by atoms with van der Waals surface area (Å²) in [5.74, 6) is 0.499. The third kappa shape index (κ3) is 4.36. The second kappa shape index (κ2) is 8.50. The predicted molar refractivity (Wildman–Crippen MR) is 101 cm³/mol. The molecule has 0 aromatic heterocycles. The van der Waals surface area contributed by atoms with E-state index in [4.69, 9.17) is 5.21 Å². The van der Waals surface area contributed by atoms with Crippen molar-refractivity contribution < 1.29 is 10.0 Å². The summed E-state index contributed by atoms with van der Waals surface area (Å²) in [6.07, 6.45) is 0. The van der Waals surface area contributed by atoms with Gasteiger partial charge in [-0.2, -0.15) is 0 Å². The molecule has 3 N–H and O–H groups in total. The van der Waals surface area contributed by atoms with Crippen molar-refractivity contribution >= 4 is 17.3 Å². The van der Waals surface area contributed by atoms with E-state index >= 15 is 0 Å². The van der Waals surface area contributed by atoms with Gasteiger partial charge < -0.3 is 5.32 Å². The summed E-state index contributed by atoms with van der Waals surface area (Å²) in [5, 5.41) is 11.9. The standard InChI is InChI=1S/C19H24N2O2.CH4/c1-12(2)16-6-5-7-17(13(3)4)18(16)20-19(22)14-8-10-15(21-23)11-9-14;/h5-13,21,23H,1-4H3,(H,20,22);1H4. The number of hydrogen-bond donors (Lipinski definition) is 3. The van der Waals surface area contributed by atoms with Gasteiger partial charge in [0.05, 0.1) is 5.69 Å². The molecule has 0 fully saturated rings. The Kier molecular flexibility index (Phi) is 6.98. The Labute approximate surface area is 144 Å². The van der Waals surface area contributed by atoms with Crippen molar-refractivity contribution in [3.05, 3.63) is 59.2 Å². The zero-order valence-corrected chi connectivity index (χ0v) is 14.1. The summed E-state index contributed by atoms with van der Waals surface area (Å²) >= 11 is 0. The fraction of sp³-hybridized carbons (Fsp3) is 0.350. The van der Waals surface area contributed by atoms with E-state index in [-0.39, 0.29) is 13.3 Å². The highest BCUT2D eigenvalue weighted by atomic mass is 16.5. The van der Waals surface area contributed by atoms with E-state index in [2.05, 4.69) is 50.6 Å². The third-order valence-electron chi connectivity index (χ3n) is 3.89. The maximum atomic E-state index is 12.6. The van der Waals surface area contributed by atoms with Crippen LogP contribution in [-0.4, -0.2) is 11.1 Å². The number of nitrogens with one attached hydrogen (secondary N) is 2. The minimum atomic E-state index is -0.149. The van der Waals surface area contributed by atoms with Gasteiger partial charge >= 0.3 is 0 Å². The molecule has 4 heteroatoms. The number of carbonyl (C=O) groups is 1. The molecular formula is C20H28N2O2. The second-order valence-electron chi connectivity index (χ2n) is 6.26. The molecule has 0 saturated carbocycles. The molecule has 130 valence electrons. The van der Waals surface area contributed by atoms with E-state index in [0.717, 1.165) is 16.8 Å². The molecule has 0 unspecified atom stereocenters. The third-order valence-corrected chi connectivity index (χ3v) is 3.89. The van der Waals surface area contributed by atoms with Crippen LogP contribution in [0.15, 0.2) is 42.5 Å². The number of hydrogen-bond acceptors (Lipinski definition) is 3. The minimum Gasteiger partial charge on any atom is -0.321 e. The lowest BCUT2D eigenvalue weighted by Gasteiger charge is -2.20. The molecule has 0 saturated heterocycles. The van der Waals surface area contributed by atoms with Gasteiger partial charge in [0.1, 0.15) is 0 Å². The fourth-order valence-corrected chi connectivity index (χ4v) is 2.58. The maximum absolute atomic E-state index is 12.6. The lowest BCUT2D eigenvalue weighted by molar-refractivity contribution is 0.102. The largest absolute Gasteiger partial charge is 0.321 e. The van der Waals surface area contributed by atoms with Gasteiger partial charge in [0, 0.05) is 11.3 Å². The van der Waals surface area contributed by atoms with Crippen LogP contribution in [0.1, 0.15) is 68.4 Å². The van der Waals surface area contributed by atoms with Crippen LogP contribution >= 0.6 is 0 Å². The van der Waals surface area contributed by atoms with Gasteiger partial charge in [-0.3, -0.25) is 15.5 Å². The first-order valence-electron chi connectivity index (χ1n) is 7.88. The van der Waals surface area contributed by atoms with Crippen LogP contribution in [0.2, 0.25) is 0 Å². The van der Waals surface area contributed by atoms with E-state index in [1.807, 2.05) is 6.07 Å². The normalized spacial score (nSPS) is 10.5. The average molecular weight is 328 g/mol. The lowest BCUT2D eigenvalue weighted by atomic mass is 9.92. The summed E-state index contributed by atoms with van der Waals surface area (Å²) < 4.78 is 0. The van der Waals surface area contributed by atoms with Crippen molar-refractivity contribution in [1.82, 2.24) is 0 Å². The highest BCUT2D eigenvalue weighted by molar-refractivity contribution is 6.05. The summed E-state index contributed by atoms with van der Waals surface area (Å²) in [6, 6.07) is 12.8. The monoisotopic (exact) mass is 328 g/mol. The van der Waals surface area contributed by atoms with Gasteiger partial charge in [-0.1, -0.05) is 53.3 Å². The van der Waals surface area contributed by atoms with Gasteiger partial charge in [-0.25, -0.2) is 0 Å². The van der Waals surface area contributed by atoms with Crippen LogP contribution in [0.5, 0.6) is 0 Å². The van der Waals surface area contributed by atoms with Crippen LogP contribution in [-0.2, 0) is 0 Å². The number of amides is 1. The lowest BCUT2D eigenvalue weighted by Crippen LogP contribution is -2.16. The highest BCUT2D eigenvalue weighted by Crippen LogP contribution is 2.32. The van der Waals surface area contributed by atoms with Gasteiger partial charge in [0.2, 0.25) is 0 Å². The first-order valence-corrected chi connectivity index (χ1v) is 7.88. The van der Waals surface area contributed by atoms with Crippen LogP contribution in [0, 0.1) is 0 Å². The van der Waals surface area contributed by atoms with E-state index in [1.165, 1.54) is 0 Å². The Hall–Kier alpha value is -2.33. The Bertz CT molecular complexity index is 650. The van der Waals surface area contributed by atoms with Crippen LogP contribution in [0.25, 0.3) is 0 Å². The quantitative estimate of drug-likeness (QED) is 0.624. The van der Waals surface area contributed by atoms with Crippen molar-refractivity contribution in [2.24, 2.45) is 0 Å². The Morgan fingerprint density at radius 3 is 1.83 bits per heavy atom. The number of benzene rings is 2. The number of para-hydroxylation sites is 1. The Morgan fingerprint density at radius 2 is 1.42 bits per heavy atom. The van der Waals surface area contributed by atoms with Crippen LogP contribution in [0.3, 0.4) is 0 Å². The minimum absolute atomic E-state index is 0. The Morgan fingerprint density at radius 1 is 0.917 bits per heavy atom. The van der Waals surface area contributed by atoms with Crippen LogP contribution < -0.4 is 10.8 Å². The molecule has 1 amide bonds. The molecule has 0 aliphatic heterocycles. The van der Waals surface area contributed by atoms with Gasteiger partial charge in [-0.15, -0.1) is 0 Å². The molecule has 24 heavy (non-hydrogen) atoms. The summed E-state index contributed by atoms with van der Waals surface area (Å²) in [7, 11) is 0. The first-order chi connectivity index (χ1) is 10.9. The Balaban J connectivity index is 0.00000288. The molecule has 0 atom stereocenters. The molecular weight excluding hydrogens is 300 g/mol. The molecule has 2 rings (SSSR count). The van der Waals surface area contributed by atoms with Gasteiger partial charge in [0.25, 0.3) is 5.91 Å². The SMILES string of the molecule is C.CC(C)c1cccc(C(C)C)c1NC(=O)c1ccc(NO)cc1. The van der Waals surface area contributed by atoms with E-state index in [1.54, 1.807) is 24.3 Å². The first kappa shape index (κ1) is 19.7. The zero-order chi connectivity index (χ0) is 17.0. The zero-order valence-electron chi connectivity index (χ0n) is 14.1. The molecule has 0 bridgehead atoms.